The van der Waals surface area contributed by atoms with Crippen LogP contribution < -0.4 is 0 Å². The first-order valence-corrected chi connectivity index (χ1v) is 6.56. The van der Waals surface area contributed by atoms with Crippen LogP contribution in [0.25, 0.3) is 0 Å². The van der Waals surface area contributed by atoms with Gasteiger partial charge in [0.1, 0.15) is 0 Å². The summed E-state index contributed by atoms with van der Waals surface area (Å²) in [7, 11) is 0. The largest absolute Gasteiger partial charge is 0.502 e. The van der Waals surface area contributed by atoms with Crippen molar-refractivity contribution in [3.05, 3.63) is 12.3 Å². The number of hydrogen-bond acceptors (Lipinski definition) is 9. The van der Waals surface area contributed by atoms with E-state index in [1.54, 1.807) is 0 Å². The van der Waals surface area contributed by atoms with E-state index in [-0.39, 0.29) is 13.2 Å². The molecule has 23 heavy (non-hydrogen) atoms. The first-order chi connectivity index (χ1) is 10.7. The molecule has 0 aliphatic rings. The highest BCUT2D eigenvalue weighted by molar-refractivity contribution is 5.82. The average molecular weight is 342 g/mol. The van der Waals surface area contributed by atoms with Crippen LogP contribution in [-0.2, 0) is 9.53 Å². The van der Waals surface area contributed by atoms with Gasteiger partial charge in [-0.3, -0.25) is 0 Å². The zero-order valence-corrected chi connectivity index (χ0v) is 12.8. The highest BCUT2D eigenvalue weighted by atomic mass is 16.5. The molecule has 0 unspecified atom stereocenters. The van der Waals surface area contributed by atoms with Crippen molar-refractivity contribution >= 4 is 5.97 Å². The van der Waals surface area contributed by atoms with Crippen molar-refractivity contribution in [2.24, 2.45) is 10.8 Å². The molecule has 10 nitrogen and oxygen atoms in total. The molecule has 0 bridgehead atoms. The third-order valence-corrected chi connectivity index (χ3v) is 3.08. The summed E-state index contributed by atoms with van der Waals surface area (Å²) in [5, 5.41) is 69.7. The Morgan fingerprint density at radius 2 is 0.957 bits per heavy atom. The highest BCUT2D eigenvalue weighted by Crippen LogP contribution is 2.19. The van der Waals surface area contributed by atoms with Gasteiger partial charge in [-0.15, -0.1) is 0 Å². The maximum absolute atomic E-state index is 9.35. The molecule has 8 N–H and O–H groups in total. The SMILES string of the molecule is C=C(O)C(=O)O.OCC(CO)(CO)COCC(CO)(CO)CO. The molecule has 0 radical (unpaired) electrons. The van der Waals surface area contributed by atoms with Crippen LogP contribution in [0.3, 0.4) is 0 Å². The summed E-state index contributed by atoms with van der Waals surface area (Å²) in [6.45, 7) is -0.295. The van der Waals surface area contributed by atoms with E-state index in [1.165, 1.54) is 0 Å². The maximum Gasteiger partial charge on any atom is 0.370 e. The Bertz CT molecular complexity index is 287. The Hall–Kier alpha value is -1.27. The van der Waals surface area contributed by atoms with E-state index in [0.29, 0.717) is 0 Å². The van der Waals surface area contributed by atoms with Crippen molar-refractivity contribution in [2.75, 3.05) is 52.9 Å². The number of rotatable bonds is 11. The van der Waals surface area contributed by atoms with Crippen molar-refractivity contribution in [2.45, 2.75) is 0 Å². The van der Waals surface area contributed by atoms with E-state index in [2.05, 4.69) is 6.58 Å². The van der Waals surface area contributed by atoms with Crippen LogP contribution in [0.5, 0.6) is 0 Å². The van der Waals surface area contributed by atoms with Crippen LogP contribution in [-0.4, -0.2) is 99.7 Å². The van der Waals surface area contributed by atoms with Crippen molar-refractivity contribution in [3.63, 3.8) is 0 Å². The Kier molecular flexibility index (Phi) is 12.7. The summed E-state index contributed by atoms with van der Waals surface area (Å²) in [5.41, 5.74) is -2.32. The second kappa shape index (κ2) is 12.2. The van der Waals surface area contributed by atoms with E-state index in [0.717, 1.165) is 0 Å². The average Bonchev–Trinajstić information content (AvgIpc) is 2.57. The van der Waals surface area contributed by atoms with Crippen LogP contribution in [0, 0.1) is 10.8 Å². The van der Waals surface area contributed by atoms with Gasteiger partial charge in [0.05, 0.1) is 63.7 Å². The van der Waals surface area contributed by atoms with Gasteiger partial charge in [0.2, 0.25) is 0 Å². The zero-order chi connectivity index (χ0) is 18.5. The molecule has 10 heteroatoms. The number of aliphatic hydroxyl groups is 7. The van der Waals surface area contributed by atoms with E-state index in [9.17, 15) is 4.79 Å². The van der Waals surface area contributed by atoms with Gasteiger partial charge >= 0.3 is 5.97 Å². The van der Waals surface area contributed by atoms with E-state index < -0.39 is 62.2 Å². The fourth-order valence-corrected chi connectivity index (χ4v) is 1.06. The molecule has 0 amide bonds. The minimum Gasteiger partial charge on any atom is -0.502 e. The van der Waals surface area contributed by atoms with Crippen LogP contribution in [0.15, 0.2) is 12.3 Å². The second-order valence-corrected chi connectivity index (χ2v) is 5.19. The van der Waals surface area contributed by atoms with E-state index >= 15 is 0 Å². The number of aliphatic hydroxyl groups excluding tert-OH is 7. The van der Waals surface area contributed by atoms with Gasteiger partial charge < -0.3 is 45.6 Å². The predicted molar refractivity (Wildman–Crippen MR) is 77.6 cm³/mol. The van der Waals surface area contributed by atoms with Crippen LogP contribution in [0.1, 0.15) is 0 Å². The van der Waals surface area contributed by atoms with Gasteiger partial charge in [0, 0.05) is 0 Å². The summed E-state index contributed by atoms with van der Waals surface area (Å²) < 4.78 is 5.15. The first kappa shape index (κ1) is 24.0. The predicted octanol–water partition coefficient (Wildman–Crippen LogP) is -2.93. The topological polar surface area (TPSA) is 188 Å². The summed E-state index contributed by atoms with van der Waals surface area (Å²) in [5.74, 6) is -2.20. The molecular formula is C13H26O10. The van der Waals surface area contributed by atoms with Crippen LogP contribution >= 0.6 is 0 Å². The minimum absolute atomic E-state index is 0.141. The van der Waals surface area contributed by atoms with Gasteiger partial charge in [-0.2, -0.15) is 0 Å². The van der Waals surface area contributed by atoms with Gasteiger partial charge in [-0.25, -0.2) is 4.79 Å². The lowest BCUT2D eigenvalue weighted by Gasteiger charge is -2.31. The second-order valence-electron chi connectivity index (χ2n) is 5.19. The Morgan fingerprint density at radius 3 is 1.09 bits per heavy atom. The molecule has 0 spiro atoms. The van der Waals surface area contributed by atoms with Crippen molar-refractivity contribution in [1.82, 2.24) is 0 Å². The van der Waals surface area contributed by atoms with Crippen LogP contribution in [0.4, 0.5) is 0 Å². The summed E-state index contributed by atoms with van der Waals surface area (Å²) in [6.07, 6.45) is 0. The lowest BCUT2D eigenvalue weighted by Crippen LogP contribution is -2.43. The normalized spacial score (nSPS) is 11.6. The number of carbonyl (C=O) groups is 1. The molecule has 0 saturated carbocycles. The van der Waals surface area contributed by atoms with Crippen LogP contribution in [0.2, 0.25) is 0 Å². The standard InChI is InChI=1S/C10H22O7.C3H4O3/c11-1-9(2-12,3-13)7-17-8-10(4-14,5-15)6-16;1-2(4)3(5)6/h11-16H,1-8H2;4H,1H2,(H,5,6). The Morgan fingerprint density at radius 1 is 0.739 bits per heavy atom. The number of aliphatic carboxylic acids is 1. The maximum atomic E-state index is 9.35. The third kappa shape index (κ3) is 8.81. The number of carboxylic acids is 1. The molecule has 0 aromatic rings. The van der Waals surface area contributed by atoms with Gasteiger partial charge in [-0.1, -0.05) is 0 Å². The quantitative estimate of drug-likeness (QED) is 0.143. The van der Waals surface area contributed by atoms with Gasteiger partial charge in [0.25, 0.3) is 0 Å². The number of hydrogen-bond donors (Lipinski definition) is 8. The molecule has 0 atom stereocenters. The van der Waals surface area contributed by atoms with E-state index in [4.69, 9.17) is 45.6 Å². The lowest BCUT2D eigenvalue weighted by atomic mass is 9.91. The monoisotopic (exact) mass is 342 g/mol. The fourth-order valence-electron chi connectivity index (χ4n) is 1.06. The first-order valence-electron chi connectivity index (χ1n) is 6.56. The molecule has 0 fully saturated rings. The van der Waals surface area contributed by atoms with Crippen molar-refractivity contribution in [1.29, 1.82) is 0 Å². The van der Waals surface area contributed by atoms with Gasteiger partial charge in [-0.05, 0) is 6.58 Å². The Balaban J connectivity index is 0. The summed E-state index contributed by atoms with van der Waals surface area (Å²) >= 11 is 0. The van der Waals surface area contributed by atoms with E-state index in [1.807, 2.05) is 0 Å². The fraction of sp³-hybridized carbons (Fsp3) is 0.769. The molecule has 0 aliphatic heterocycles. The molecule has 138 valence electrons. The number of ether oxygens (including phenoxy) is 1. The lowest BCUT2D eigenvalue weighted by molar-refractivity contribution is -0.135. The van der Waals surface area contributed by atoms with Crippen molar-refractivity contribution in [3.8, 4) is 0 Å². The van der Waals surface area contributed by atoms with Gasteiger partial charge in [0.15, 0.2) is 5.76 Å². The summed E-state index contributed by atoms with van der Waals surface area (Å²) in [6, 6.07) is 0. The molecule has 0 aliphatic carbocycles. The summed E-state index contributed by atoms with van der Waals surface area (Å²) in [4.78, 5) is 9.35. The Labute approximate surface area is 133 Å². The zero-order valence-electron chi connectivity index (χ0n) is 12.8. The van der Waals surface area contributed by atoms with Crippen molar-refractivity contribution < 1.29 is 50.4 Å². The number of carboxylic acid groups (broad SMARTS) is 1. The minimum atomic E-state index is -1.38. The smallest absolute Gasteiger partial charge is 0.370 e. The third-order valence-electron chi connectivity index (χ3n) is 3.08. The molecule has 0 aromatic carbocycles. The molecular weight excluding hydrogens is 316 g/mol. The highest BCUT2D eigenvalue weighted by Gasteiger charge is 2.32. The molecule has 0 heterocycles. The molecule has 0 aromatic heterocycles. The molecule has 0 saturated heterocycles. The molecule has 0 rings (SSSR count).